The molecule has 0 spiro atoms. The van der Waals surface area contributed by atoms with E-state index in [4.69, 9.17) is 0 Å². The normalized spacial score (nSPS) is 26.9. The van der Waals surface area contributed by atoms with Gasteiger partial charge in [0.1, 0.15) is 11.9 Å². The molecular weight excluding hydrogens is 399 g/mol. The Labute approximate surface area is 175 Å². The van der Waals surface area contributed by atoms with E-state index in [0.717, 1.165) is 32.4 Å². The fourth-order valence-corrected chi connectivity index (χ4v) is 4.29. The Morgan fingerprint density at radius 2 is 1.79 bits per heavy atom. The highest BCUT2D eigenvalue weighted by atomic mass is 35.5. The molecule has 160 valence electrons. The quantitative estimate of drug-likeness (QED) is 0.493. The average molecular weight is 427 g/mol. The van der Waals surface area contributed by atoms with Crippen LogP contribution in [-0.2, 0) is 4.79 Å². The van der Waals surface area contributed by atoms with Gasteiger partial charge in [0, 0.05) is 43.3 Å². The van der Waals surface area contributed by atoms with Crippen LogP contribution >= 0.6 is 12.4 Å². The number of likely N-dealkylation sites (tertiary alicyclic amines) is 1. The van der Waals surface area contributed by atoms with Gasteiger partial charge >= 0.3 is 6.03 Å². The molecule has 1 aromatic carbocycles. The second kappa shape index (κ2) is 9.71. The van der Waals surface area contributed by atoms with E-state index in [9.17, 15) is 14.0 Å². The van der Waals surface area contributed by atoms with Gasteiger partial charge in [0.15, 0.2) is 0 Å². The number of anilines is 1. The number of rotatable bonds is 3. The van der Waals surface area contributed by atoms with E-state index in [1.54, 1.807) is 0 Å². The third kappa shape index (κ3) is 5.16. The van der Waals surface area contributed by atoms with Gasteiger partial charge in [-0.2, -0.15) is 0 Å². The third-order valence-electron chi connectivity index (χ3n) is 5.89. The number of carbonyl (C=O) groups is 2. The van der Waals surface area contributed by atoms with Crippen LogP contribution in [0.1, 0.15) is 19.3 Å². The Bertz CT molecular complexity index is 713. The molecule has 8 nitrogen and oxygen atoms in total. The van der Waals surface area contributed by atoms with Crippen molar-refractivity contribution in [2.24, 2.45) is 5.92 Å². The zero-order valence-corrected chi connectivity index (χ0v) is 16.9. The van der Waals surface area contributed by atoms with E-state index in [1.165, 1.54) is 24.3 Å². The topological polar surface area (TPSA) is 97.5 Å². The van der Waals surface area contributed by atoms with Crippen molar-refractivity contribution in [1.29, 1.82) is 0 Å². The number of halogens is 2. The largest absolute Gasteiger partial charge is 0.341 e. The van der Waals surface area contributed by atoms with Crippen molar-refractivity contribution in [2.75, 3.05) is 31.5 Å². The number of hydrogen-bond acceptors (Lipinski definition) is 5. The van der Waals surface area contributed by atoms with Gasteiger partial charge in [0.05, 0.1) is 0 Å². The van der Waals surface area contributed by atoms with Crippen molar-refractivity contribution in [3.63, 3.8) is 0 Å². The summed E-state index contributed by atoms with van der Waals surface area (Å²) in [6.45, 7) is 3.09. The van der Waals surface area contributed by atoms with Gasteiger partial charge in [-0.1, -0.05) is 0 Å². The Morgan fingerprint density at radius 1 is 1.07 bits per heavy atom. The van der Waals surface area contributed by atoms with E-state index < -0.39 is 0 Å². The molecular formula is C19H28ClFN6O2. The predicted molar refractivity (Wildman–Crippen MR) is 110 cm³/mol. The van der Waals surface area contributed by atoms with E-state index >= 15 is 0 Å². The van der Waals surface area contributed by atoms with Crippen LogP contribution in [0, 0.1) is 11.7 Å². The van der Waals surface area contributed by atoms with Crippen molar-refractivity contribution >= 4 is 30.0 Å². The van der Waals surface area contributed by atoms with Crippen LogP contribution in [0.15, 0.2) is 24.3 Å². The summed E-state index contributed by atoms with van der Waals surface area (Å²) in [7, 11) is 0. The Balaban J connectivity index is 0.00000240. The van der Waals surface area contributed by atoms with E-state index in [2.05, 4.69) is 26.8 Å². The van der Waals surface area contributed by atoms with Gasteiger partial charge < -0.3 is 20.9 Å². The molecule has 3 unspecified atom stereocenters. The standard InChI is InChI=1S/C19H27FN6O2.ClH/c20-12-1-3-13(4-2-12)22-19(28)23-14-6-9-26(10-7-14)18(27)17-15-11-21-8-5-16(15)24-25-17;/h1-4,14-17,21,24-25H,5-11H2,(H2,22,23,28);1H. The van der Waals surface area contributed by atoms with E-state index in [1.807, 2.05) is 4.90 Å². The van der Waals surface area contributed by atoms with Gasteiger partial charge in [-0.05, 0) is 50.1 Å². The number of nitrogens with zero attached hydrogens (tertiary/aromatic N) is 1. The number of amides is 3. The maximum atomic E-state index is 12.9. The first-order chi connectivity index (χ1) is 13.6. The summed E-state index contributed by atoms with van der Waals surface area (Å²) in [6, 6.07) is 5.51. The van der Waals surface area contributed by atoms with Crippen molar-refractivity contribution in [1.82, 2.24) is 26.4 Å². The molecule has 0 radical (unpaired) electrons. The van der Waals surface area contributed by atoms with E-state index in [-0.39, 0.29) is 48.2 Å². The van der Waals surface area contributed by atoms with Gasteiger partial charge in [-0.25, -0.2) is 14.6 Å². The molecule has 4 rings (SSSR count). The minimum atomic E-state index is -0.342. The molecule has 0 aliphatic carbocycles. The Kier molecular flexibility index (Phi) is 7.28. The number of nitrogens with one attached hydrogen (secondary N) is 5. The summed E-state index contributed by atoms with van der Waals surface area (Å²) in [5, 5.41) is 9.01. The SMILES string of the molecule is Cl.O=C(Nc1ccc(F)cc1)NC1CCN(C(=O)C2NNC3CCNCC32)CC1. The summed E-state index contributed by atoms with van der Waals surface area (Å²) >= 11 is 0. The number of hydrogen-bond donors (Lipinski definition) is 5. The number of hydrazine groups is 1. The van der Waals surface area contributed by atoms with Crippen molar-refractivity contribution < 1.29 is 14.0 Å². The Hall–Kier alpha value is -1.94. The molecule has 0 bridgehead atoms. The van der Waals surface area contributed by atoms with Crippen molar-refractivity contribution in [3.8, 4) is 0 Å². The van der Waals surface area contributed by atoms with Gasteiger partial charge in [-0.15, -0.1) is 12.4 Å². The van der Waals surface area contributed by atoms with Crippen molar-refractivity contribution in [3.05, 3.63) is 30.1 Å². The van der Waals surface area contributed by atoms with Crippen LogP contribution in [-0.4, -0.2) is 61.1 Å². The van der Waals surface area contributed by atoms with Gasteiger partial charge in [0.2, 0.25) is 5.91 Å². The lowest BCUT2D eigenvalue weighted by molar-refractivity contribution is -0.135. The molecule has 3 heterocycles. The summed E-state index contributed by atoms with van der Waals surface area (Å²) in [4.78, 5) is 26.9. The molecule has 3 aliphatic heterocycles. The second-order valence-corrected chi connectivity index (χ2v) is 7.73. The molecule has 29 heavy (non-hydrogen) atoms. The van der Waals surface area contributed by atoms with Crippen LogP contribution in [0.3, 0.4) is 0 Å². The smallest absolute Gasteiger partial charge is 0.319 e. The Morgan fingerprint density at radius 3 is 2.52 bits per heavy atom. The van der Waals surface area contributed by atoms with Crippen LogP contribution in [0.5, 0.6) is 0 Å². The minimum absolute atomic E-state index is 0. The van der Waals surface area contributed by atoms with Crippen LogP contribution in [0.25, 0.3) is 0 Å². The molecule has 10 heteroatoms. The average Bonchev–Trinajstić information content (AvgIpc) is 3.14. The molecule has 5 N–H and O–H groups in total. The second-order valence-electron chi connectivity index (χ2n) is 7.73. The predicted octanol–water partition coefficient (Wildman–Crippen LogP) is 0.815. The zero-order valence-electron chi connectivity index (χ0n) is 16.1. The number of carbonyl (C=O) groups excluding carboxylic acids is 2. The molecule has 0 aromatic heterocycles. The summed E-state index contributed by atoms with van der Waals surface area (Å²) in [6.07, 6.45) is 2.46. The van der Waals surface area contributed by atoms with Gasteiger partial charge in [0.25, 0.3) is 0 Å². The highest BCUT2D eigenvalue weighted by molar-refractivity contribution is 5.89. The summed E-state index contributed by atoms with van der Waals surface area (Å²) < 4.78 is 12.9. The highest BCUT2D eigenvalue weighted by Crippen LogP contribution is 2.23. The lowest BCUT2D eigenvalue weighted by Gasteiger charge is -2.35. The van der Waals surface area contributed by atoms with Crippen LogP contribution in [0.4, 0.5) is 14.9 Å². The molecule has 0 saturated carbocycles. The number of fused-ring (bicyclic) bond motifs is 1. The first-order valence-corrected chi connectivity index (χ1v) is 9.94. The maximum absolute atomic E-state index is 12.9. The maximum Gasteiger partial charge on any atom is 0.319 e. The number of benzene rings is 1. The zero-order chi connectivity index (χ0) is 19.5. The van der Waals surface area contributed by atoms with E-state index in [0.29, 0.717) is 24.8 Å². The lowest BCUT2D eigenvalue weighted by Crippen LogP contribution is -2.54. The molecule has 3 aliphatic rings. The van der Waals surface area contributed by atoms with Crippen LogP contribution < -0.4 is 26.8 Å². The first-order valence-electron chi connectivity index (χ1n) is 9.94. The van der Waals surface area contributed by atoms with Crippen LogP contribution in [0.2, 0.25) is 0 Å². The van der Waals surface area contributed by atoms with Gasteiger partial charge in [-0.3, -0.25) is 10.2 Å². The third-order valence-corrected chi connectivity index (χ3v) is 5.89. The molecule has 3 amide bonds. The summed E-state index contributed by atoms with van der Waals surface area (Å²) in [5.41, 5.74) is 6.99. The molecule has 3 fully saturated rings. The van der Waals surface area contributed by atoms with Crippen molar-refractivity contribution in [2.45, 2.75) is 37.4 Å². The minimum Gasteiger partial charge on any atom is -0.341 e. The molecule has 1 aromatic rings. The molecule has 3 saturated heterocycles. The molecule has 3 atom stereocenters. The highest BCUT2D eigenvalue weighted by Gasteiger charge is 2.43. The first kappa shape index (κ1) is 21.8. The monoisotopic (exact) mass is 426 g/mol. The number of piperidine rings is 2. The lowest BCUT2D eigenvalue weighted by atomic mass is 9.88. The fourth-order valence-electron chi connectivity index (χ4n) is 4.29. The fraction of sp³-hybridized carbons (Fsp3) is 0.579. The number of urea groups is 1. The summed E-state index contributed by atoms with van der Waals surface area (Å²) in [5.74, 6) is 0.0711.